The van der Waals surface area contributed by atoms with Crippen molar-refractivity contribution in [1.82, 2.24) is 4.98 Å². The number of carbonyl (C=O) groups is 1. The summed E-state index contributed by atoms with van der Waals surface area (Å²) in [5.41, 5.74) is -1.54. The number of carboxylic acids is 1. The molecule has 0 unspecified atom stereocenters. The third-order valence-electron chi connectivity index (χ3n) is 3.95. The van der Waals surface area contributed by atoms with Crippen LogP contribution in [0.2, 0.25) is 0 Å². The number of carboxylic acid groups (broad SMARTS) is 1. The second-order valence-electron chi connectivity index (χ2n) is 5.29. The van der Waals surface area contributed by atoms with Gasteiger partial charge in [-0.15, -0.1) is 0 Å². The van der Waals surface area contributed by atoms with Crippen molar-refractivity contribution < 1.29 is 18.7 Å². The van der Waals surface area contributed by atoms with Gasteiger partial charge in [0.25, 0.3) is 0 Å². The molecule has 3 rings (SSSR count). The Morgan fingerprint density at radius 1 is 1.17 bits per heavy atom. The highest BCUT2D eigenvalue weighted by Crippen LogP contribution is 2.33. The van der Waals surface area contributed by atoms with E-state index in [0.29, 0.717) is 5.56 Å². The average molecular weight is 329 g/mol. The molecule has 3 aromatic rings. The molecular weight excluding hydrogens is 316 g/mol. The molecule has 122 valence electrons. The lowest BCUT2D eigenvalue weighted by atomic mass is 9.95. The molecule has 0 saturated carbocycles. The zero-order chi connectivity index (χ0) is 17.4. The normalized spacial score (nSPS) is 11.0. The lowest BCUT2D eigenvalue weighted by molar-refractivity contribution is 0.0695. The minimum atomic E-state index is -1.45. The molecular formula is C18H13F2NO3. The molecule has 6 heteroatoms. The van der Waals surface area contributed by atoms with E-state index in [0.717, 1.165) is 6.20 Å². The summed E-state index contributed by atoms with van der Waals surface area (Å²) in [5.74, 6) is -3.21. The maximum absolute atomic E-state index is 14.9. The zero-order valence-electron chi connectivity index (χ0n) is 12.7. The highest BCUT2D eigenvalue weighted by molar-refractivity contribution is 5.95. The first-order valence-electron chi connectivity index (χ1n) is 7.31. The van der Waals surface area contributed by atoms with E-state index in [1.54, 1.807) is 37.3 Å². The maximum Gasteiger partial charge on any atom is 0.341 e. The summed E-state index contributed by atoms with van der Waals surface area (Å²) in [6.07, 6.45) is 1.05. The summed E-state index contributed by atoms with van der Waals surface area (Å²) < 4.78 is 29.8. The van der Waals surface area contributed by atoms with E-state index in [2.05, 4.69) is 4.98 Å². The van der Waals surface area contributed by atoms with Crippen LogP contribution in [0.15, 0.2) is 41.3 Å². The second-order valence-corrected chi connectivity index (χ2v) is 5.29. The van der Waals surface area contributed by atoms with Gasteiger partial charge in [0, 0.05) is 11.8 Å². The molecule has 0 radical (unpaired) electrons. The van der Waals surface area contributed by atoms with Gasteiger partial charge in [-0.2, -0.15) is 0 Å². The quantitative estimate of drug-likeness (QED) is 0.769. The Balaban J connectivity index is 2.50. The fourth-order valence-corrected chi connectivity index (χ4v) is 2.82. The molecule has 0 bridgehead atoms. The van der Waals surface area contributed by atoms with Gasteiger partial charge in [0.15, 0.2) is 5.82 Å². The van der Waals surface area contributed by atoms with E-state index < -0.39 is 28.6 Å². The lowest BCUT2D eigenvalue weighted by Crippen LogP contribution is -2.18. The van der Waals surface area contributed by atoms with Crippen LogP contribution >= 0.6 is 0 Å². The van der Waals surface area contributed by atoms with E-state index in [-0.39, 0.29) is 28.5 Å². The van der Waals surface area contributed by atoms with Gasteiger partial charge in [0.2, 0.25) is 5.43 Å². The molecule has 1 aromatic heterocycles. The standard InChI is InChI=1S/C18H13F2NO3/c1-2-10-13-16(21-8-11(17(13)22)18(23)24)15(20)12(14(10)19)9-6-4-3-5-7-9/h3-8H,2H2,1H3,(H,21,22)(H,23,24). The first-order chi connectivity index (χ1) is 11.5. The van der Waals surface area contributed by atoms with Crippen molar-refractivity contribution in [3.8, 4) is 11.1 Å². The molecule has 0 aliphatic rings. The molecule has 0 aliphatic carbocycles. The monoisotopic (exact) mass is 329 g/mol. The number of hydrogen-bond acceptors (Lipinski definition) is 2. The van der Waals surface area contributed by atoms with E-state index >= 15 is 0 Å². The van der Waals surface area contributed by atoms with Gasteiger partial charge in [-0.25, -0.2) is 13.6 Å². The molecule has 2 N–H and O–H groups in total. The topological polar surface area (TPSA) is 70.2 Å². The number of pyridine rings is 1. The van der Waals surface area contributed by atoms with Crippen molar-refractivity contribution in [2.45, 2.75) is 13.3 Å². The molecule has 0 spiro atoms. The van der Waals surface area contributed by atoms with Crippen LogP contribution in [0.1, 0.15) is 22.8 Å². The molecule has 1 heterocycles. The SMILES string of the molecule is CCc1c(F)c(-c2ccccc2)c(F)c2[nH]cc(C(=O)O)c(=O)c12. The maximum atomic E-state index is 14.9. The number of aromatic amines is 1. The molecule has 24 heavy (non-hydrogen) atoms. The Labute approximate surface area is 135 Å². The second kappa shape index (κ2) is 5.88. The fourth-order valence-electron chi connectivity index (χ4n) is 2.82. The third kappa shape index (κ3) is 2.27. The minimum absolute atomic E-state index is 0.00500. The Bertz CT molecular complexity index is 1010. The van der Waals surface area contributed by atoms with Crippen molar-refractivity contribution in [2.75, 3.05) is 0 Å². The number of hydrogen-bond donors (Lipinski definition) is 2. The van der Waals surface area contributed by atoms with Crippen LogP contribution in [-0.2, 0) is 6.42 Å². The van der Waals surface area contributed by atoms with Crippen LogP contribution in [0, 0.1) is 11.6 Å². The van der Waals surface area contributed by atoms with Crippen LogP contribution in [0.25, 0.3) is 22.0 Å². The van der Waals surface area contributed by atoms with E-state index in [4.69, 9.17) is 5.11 Å². The highest BCUT2D eigenvalue weighted by atomic mass is 19.1. The molecule has 0 amide bonds. The summed E-state index contributed by atoms with van der Waals surface area (Å²) in [7, 11) is 0. The Hall–Kier alpha value is -3.02. The molecule has 0 atom stereocenters. The molecule has 2 aromatic carbocycles. The van der Waals surface area contributed by atoms with Gasteiger partial charge in [0.1, 0.15) is 11.4 Å². The van der Waals surface area contributed by atoms with Gasteiger partial charge in [0.05, 0.1) is 16.5 Å². The molecule has 0 saturated heterocycles. The van der Waals surface area contributed by atoms with Crippen LogP contribution < -0.4 is 5.43 Å². The first kappa shape index (κ1) is 15.9. The number of nitrogens with one attached hydrogen (secondary N) is 1. The minimum Gasteiger partial charge on any atom is -0.477 e. The van der Waals surface area contributed by atoms with Gasteiger partial charge >= 0.3 is 5.97 Å². The summed E-state index contributed by atoms with van der Waals surface area (Å²) in [4.78, 5) is 26.0. The summed E-state index contributed by atoms with van der Waals surface area (Å²) in [6.45, 7) is 1.62. The van der Waals surface area contributed by atoms with Crippen LogP contribution in [-0.4, -0.2) is 16.1 Å². The fraction of sp³-hybridized carbons (Fsp3) is 0.111. The lowest BCUT2D eigenvalue weighted by Gasteiger charge is -2.13. The van der Waals surface area contributed by atoms with E-state index in [1.165, 1.54) is 0 Å². The molecule has 0 aliphatic heterocycles. The predicted molar refractivity (Wildman–Crippen MR) is 86.3 cm³/mol. The number of benzene rings is 2. The van der Waals surface area contributed by atoms with Crippen molar-refractivity contribution in [2.24, 2.45) is 0 Å². The van der Waals surface area contributed by atoms with Crippen LogP contribution in [0.4, 0.5) is 8.78 Å². The highest BCUT2D eigenvalue weighted by Gasteiger charge is 2.24. The molecule has 4 nitrogen and oxygen atoms in total. The average Bonchev–Trinajstić information content (AvgIpc) is 2.57. The number of aromatic nitrogens is 1. The van der Waals surface area contributed by atoms with Crippen molar-refractivity contribution in [1.29, 1.82) is 0 Å². The number of fused-ring (bicyclic) bond motifs is 1. The number of H-pyrrole nitrogens is 1. The van der Waals surface area contributed by atoms with Gasteiger partial charge in [-0.05, 0) is 12.0 Å². The number of halogens is 2. The smallest absolute Gasteiger partial charge is 0.341 e. The summed E-state index contributed by atoms with van der Waals surface area (Å²) >= 11 is 0. The molecule has 0 fully saturated rings. The number of rotatable bonds is 3. The number of aryl methyl sites for hydroxylation is 1. The van der Waals surface area contributed by atoms with Crippen molar-refractivity contribution >= 4 is 16.9 Å². The van der Waals surface area contributed by atoms with Gasteiger partial charge in [-0.1, -0.05) is 37.3 Å². The van der Waals surface area contributed by atoms with E-state index in [9.17, 15) is 18.4 Å². The van der Waals surface area contributed by atoms with Gasteiger partial charge < -0.3 is 10.1 Å². The van der Waals surface area contributed by atoms with Crippen LogP contribution in [0.3, 0.4) is 0 Å². The van der Waals surface area contributed by atoms with Crippen molar-refractivity contribution in [3.63, 3.8) is 0 Å². The largest absolute Gasteiger partial charge is 0.477 e. The van der Waals surface area contributed by atoms with Crippen LogP contribution in [0.5, 0.6) is 0 Å². The Morgan fingerprint density at radius 2 is 1.83 bits per heavy atom. The third-order valence-corrected chi connectivity index (χ3v) is 3.95. The predicted octanol–water partition coefficient (Wildman–Crippen LogP) is 3.73. The van der Waals surface area contributed by atoms with Gasteiger partial charge in [-0.3, -0.25) is 4.79 Å². The Morgan fingerprint density at radius 3 is 2.42 bits per heavy atom. The zero-order valence-corrected chi connectivity index (χ0v) is 12.7. The van der Waals surface area contributed by atoms with E-state index in [1.807, 2.05) is 0 Å². The number of aromatic carboxylic acids is 1. The first-order valence-corrected chi connectivity index (χ1v) is 7.31. The van der Waals surface area contributed by atoms with Crippen molar-refractivity contribution in [3.05, 3.63) is 69.5 Å². The Kier molecular flexibility index (Phi) is 3.89. The summed E-state index contributed by atoms with van der Waals surface area (Å²) in [5, 5.41) is 8.80. The summed E-state index contributed by atoms with van der Waals surface area (Å²) in [6, 6.07) is 8.16.